The van der Waals surface area contributed by atoms with Gasteiger partial charge < -0.3 is 5.73 Å². The molecule has 2 aromatic rings. The Hall–Kier alpha value is -1.29. The van der Waals surface area contributed by atoms with E-state index in [0.29, 0.717) is 5.82 Å². The summed E-state index contributed by atoms with van der Waals surface area (Å²) in [6, 6.07) is 4.31. The monoisotopic (exact) mass is 305 g/mol. The van der Waals surface area contributed by atoms with Crippen LogP contribution in [0.1, 0.15) is 28.8 Å². The second kappa shape index (κ2) is 4.12. The number of aromatic nitrogens is 2. The van der Waals surface area contributed by atoms with Crippen LogP contribution in [0.25, 0.3) is 5.69 Å². The van der Waals surface area contributed by atoms with Crippen LogP contribution in [-0.4, -0.2) is 9.78 Å². The van der Waals surface area contributed by atoms with E-state index in [9.17, 15) is 0 Å². The molecule has 0 radical (unpaired) electrons. The molecule has 0 bridgehead atoms. The summed E-state index contributed by atoms with van der Waals surface area (Å²) in [6.07, 6.45) is 3.33. The van der Waals surface area contributed by atoms with E-state index >= 15 is 0 Å². The second-order valence-electron chi connectivity index (χ2n) is 4.97. The molecule has 94 valence electrons. The third-order valence-corrected chi connectivity index (χ3v) is 4.88. The summed E-state index contributed by atoms with van der Waals surface area (Å²) in [6.45, 7) is 4.21. The molecule has 0 atom stereocenters. The molecule has 3 rings (SSSR count). The molecular weight excluding hydrogens is 290 g/mol. The maximum atomic E-state index is 5.99. The highest BCUT2D eigenvalue weighted by Crippen LogP contribution is 2.31. The van der Waals surface area contributed by atoms with Gasteiger partial charge in [0.25, 0.3) is 0 Å². The Morgan fingerprint density at radius 1 is 1.22 bits per heavy atom. The molecule has 1 aliphatic rings. The zero-order valence-corrected chi connectivity index (χ0v) is 12.2. The lowest BCUT2D eigenvalue weighted by Crippen LogP contribution is -2.03. The van der Waals surface area contributed by atoms with Crippen LogP contribution < -0.4 is 5.73 Å². The predicted molar refractivity (Wildman–Crippen MR) is 77.2 cm³/mol. The molecule has 1 aliphatic carbocycles. The van der Waals surface area contributed by atoms with E-state index in [0.717, 1.165) is 18.5 Å². The number of nitrogen functional groups attached to an aromatic ring is 1. The molecule has 1 aromatic heterocycles. The number of nitrogens with two attached hydrogens (primary N) is 1. The highest BCUT2D eigenvalue weighted by molar-refractivity contribution is 9.10. The minimum atomic E-state index is 0.695. The minimum absolute atomic E-state index is 0.695. The molecule has 0 aliphatic heterocycles. The lowest BCUT2D eigenvalue weighted by Gasteiger charge is -2.10. The minimum Gasteiger partial charge on any atom is -0.382 e. The highest BCUT2D eigenvalue weighted by Gasteiger charge is 2.21. The van der Waals surface area contributed by atoms with E-state index in [1.807, 2.05) is 4.68 Å². The predicted octanol–water partition coefficient (Wildman–Crippen LogP) is 3.32. The van der Waals surface area contributed by atoms with Crippen LogP contribution in [0, 0.1) is 13.8 Å². The van der Waals surface area contributed by atoms with E-state index in [2.05, 4.69) is 47.0 Å². The number of hydrogen-bond donors (Lipinski definition) is 1. The number of rotatable bonds is 1. The zero-order chi connectivity index (χ0) is 12.9. The van der Waals surface area contributed by atoms with E-state index < -0.39 is 0 Å². The van der Waals surface area contributed by atoms with E-state index in [4.69, 9.17) is 5.73 Å². The van der Waals surface area contributed by atoms with Gasteiger partial charge in [0.05, 0.1) is 5.69 Å². The Kier molecular flexibility index (Phi) is 2.70. The summed E-state index contributed by atoms with van der Waals surface area (Å²) in [5.74, 6) is 0.695. The summed E-state index contributed by atoms with van der Waals surface area (Å²) in [5, 5.41) is 4.49. The topological polar surface area (TPSA) is 43.8 Å². The van der Waals surface area contributed by atoms with Crippen molar-refractivity contribution in [3.05, 3.63) is 39.0 Å². The molecule has 0 amide bonds. The first-order valence-electron chi connectivity index (χ1n) is 6.21. The normalized spacial score (nSPS) is 13.9. The summed E-state index contributed by atoms with van der Waals surface area (Å²) in [4.78, 5) is 0. The van der Waals surface area contributed by atoms with Crippen molar-refractivity contribution in [1.82, 2.24) is 9.78 Å². The molecule has 1 heterocycles. The van der Waals surface area contributed by atoms with Crippen molar-refractivity contribution in [3.63, 3.8) is 0 Å². The van der Waals surface area contributed by atoms with Crippen molar-refractivity contribution in [2.24, 2.45) is 0 Å². The Balaban J connectivity index is 2.19. The number of nitrogens with zero attached hydrogens (tertiary/aromatic N) is 2. The molecule has 3 nitrogen and oxygen atoms in total. The summed E-state index contributed by atoms with van der Waals surface area (Å²) in [7, 11) is 0. The molecular formula is C14H16BrN3. The van der Waals surface area contributed by atoms with Crippen molar-refractivity contribution in [2.45, 2.75) is 33.1 Å². The van der Waals surface area contributed by atoms with Crippen LogP contribution in [0.2, 0.25) is 0 Å². The average Bonchev–Trinajstić information content (AvgIpc) is 2.90. The van der Waals surface area contributed by atoms with Crippen molar-refractivity contribution in [3.8, 4) is 5.69 Å². The van der Waals surface area contributed by atoms with E-state index in [-0.39, 0.29) is 0 Å². The Morgan fingerprint density at radius 3 is 2.56 bits per heavy atom. The Labute approximate surface area is 115 Å². The second-order valence-corrected chi connectivity index (χ2v) is 5.76. The van der Waals surface area contributed by atoms with Crippen LogP contribution in [-0.2, 0) is 12.8 Å². The van der Waals surface area contributed by atoms with Crippen molar-refractivity contribution >= 4 is 21.7 Å². The van der Waals surface area contributed by atoms with Crippen molar-refractivity contribution < 1.29 is 0 Å². The van der Waals surface area contributed by atoms with Gasteiger partial charge >= 0.3 is 0 Å². The molecule has 4 heteroatoms. The van der Waals surface area contributed by atoms with Crippen molar-refractivity contribution in [1.29, 1.82) is 0 Å². The van der Waals surface area contributed by atoms with Gasteiger partial charge in [-0.2, -0.15) is 5.10 Å². The SMILES string of the molecule is Cc1cc(-n2nc(N)c3c2CCC3)cc(C)c1Br. The van der Waals surface area contributed by atoms with Gasteiger partial charge in [-0.3, -0.25) is 0 Å². The fraction of sp³-hybridized carbons (Fsp3) is 0.357. The number of anilines is 1. The Bertz CT molecular complexity index is 605. The number of aryl methyl sites for hydroxylation is 2. The van der Waals surface area contributed by atoms with Gasteiger partial charge in [-0.05, 0) is 56.4 Å². The maximum absolute atomic E-state index is 5.99. The first-order chi connectivity index (χ1) is 8.58. The van der Waals surface area contributed by atoms with Gasteiger partial charge in [0.15, 0.2) is 0 Å². The van der Waals surface area contributed by atoms with Gasteiger partial charge in [0, 0.05) is 15.7 Å². The molecule has 18 heavy (non-hydrogen) atoms. The van der Waals surface area contributed by atoms with Crippen LogP contribution in [0.15, 0.2) is 16.6 Å². The Morgan fingerprint density at radius 2 is 1.89 bits per heavy atom. The fourth-order valence-corrected chi connectivity index (χ4v) is 2.95. The van der Waals surface area contributed by atoms with Crippen LogP contribution in [0.3, 0.4) is 0 Å². The third kappa shape index (κ3) is 1.67. The maximum Gasteiger partial charge on any atom is 0.149 e. The number of benzene rings is 1. The van der Waals surface area contributed by atoms with E-state index in [1.165, 1.54) is 33.3 Å². The molecule has 0 saturated carbocycles. The third-order valence-electron chi connectivity index (χ3n) is 3.63. The standard InChI is InChI=1S/C14H16BrN3/c1-8-6-10(7-9(2)13(8)15)18-12-5-3-4-11(12)14(16)17-18/h6-7H,3-5H2,1-2H3,(H2,16,17). The lowest BCUT2D eigenvalue weighted by atomic mass is 10.1. The fourth-order valence-electron chi connectivity index (χ4n) is 2.72. The zero-order valence-electron chi connectivity index (χ0n) is 10.6. The molecule has 0 spiro atoms. The first kappa shape index (κ1) is 11.8. The van der Waals surface area contributed by atoms with Gasteiger partial charge in [0.1, 0.15) is 5.82 Å². The lowest BCUT2D eigenvalue weighted by molar-refractivity contribution is 0.787. The van der Waals surface area contributed by atoms with Gasteiger partial charge in [0.2, 0.25) is 0 Å². The summed E-state index contributed by atoms with van der Waals surface area (Å²) >= 11 is 3.60. The molecule has 0 unspecified atom stereocenters. The van der Waals surface area contributed by atoms with Gasteiger partial charge in [-0.1, -0.05) is 15.9 Å². The van der Waals surface area contributed by atoms with Crippen LogP contribution in [0.5, 0.6) is 0 Å². The average molecular weight is 306 g/mol. The number of hydrogen-bond acceptors (Lipinski definition) is 2. The highest BCUT2D eigenvalue weighted by atomic mass is 79.9. The number of halogens is 1. The quantitative estimate of drug-likeness (QED) is 0.878. The van der Waals surface area contributed by atoms with Crippen LogP contribution in [0.4, 0.5) is 5.82 Å². The largest absolute Gasteiger partial charge is 0.382 e. The van der Waals surface area contributed by atoms with Gasteiger partial charge in [-0.15, -0.1) is 0 Å². The van der Waals surface area contributed by atoms with E-state index in [1.54, 1.807) is 0 Å². The molecule has 1 aromatic carbocycles. The first-order valence-corrected chi connectivity index (χ1v) is 7.00. The van der Waals surface area contributed by atoms with Gasteiger partial charge in [-0.25, -0.2) is 4.68 Å². The molecule has 0 saturated heterocycles. The molecule has 2 N–H and O–H groups in total. The molecule has 0 fully saturated rings. The number of fused-ring (bicyclic) bond motifs is 1. The summed E-state index contributed by atoms with van der Waals surface area (Å²) < 4.78 is 3.19. The smallest absolute Gasteiger partial charge is 0.149 e. The summed E-state index contributed by atoms with van der Waals surface area (Å²) in [5.41, 5.74) is 12.1. The van der Waals surface area contributed by atoms with Crippen LogP contribution >= 0.6 is 15.9 Å². The van der Waals surface area contributed by atoms with Crippen molar-refractivity contribution in [2.75, 3.05) is 5.73 Å².